The van der Waals surface area contributed by atoms with Crippen LogP contribution in [0.25, 0.3) is 32.3 Å². The van der Waals surface area contributed by atoms with Crippen LogP contribution in [0.3, 0.4) is 0 Å². The fraction of sp³-hybridized carbons (Fsp3) is 0. The number of rotatable bonds is 12. The van der Waals surface area contributed by atoms with Crippen LogP contribution in [0.15, 0.2) is 224 Å². The summed E-state index contributed by atoms with van der Waals surface area (Å²) in [7, 11) is -27.6. The molecule has 0 amide bonds. The van der Waals surface area contributed by atoms with E-state index in [-0.39, 0.29) is 86.1 Å². The summed E-state index contributed by atoms with van der Waals surface area (Å²) in [5.41, 5.74) is 0.751. The van der Waals surface area contributed by atoms with Crippen molar-refractivity contribution in [3.63, 3.8) is 0 Å². The van der Waals surface area contributed by atoms with Gasteiger partial charge in [0.2, 0.25) is 0 Å². The van der Waals surface area contributed by atoms with Gasteiger partial charge < -0.3 is 42.6 Å². The molecule has 0 heterocycles. The topological polar surface area (TPSA) is 478 Å². The van der Waals surface area contributed by atoms with Crippen molar-refractivity contribution in [1.82, 2.24) is 0 Å². The van der Waals surface area contributed by atoms with Gasteiger partial charge in [-0.05, 0) is 144 Å². The second-order valence-corrected chi connectivity index (χ2v) is 24.5. The summed E-state index contributed by atoms with van der Waals surface area (Å²) in [6.45, 7) is 0. The summed E-state index contributed by atoms with van der Waals surface area (Å²) in [5.74, 6) is -0.701. The summed E-state index contributed by atoms with van der Waals surface area (Å²) in [5, 5.41) is 55.5. The Hall–Kier alpha value is -7.52. The van der Waals surface area contributed by atoms with Crippen LogP contribution >= 0.6 is 0 Å². The molecule has 0 saturated heterocycles. The second-order valence-electron chi connectivity index (χ2n) is 16.3. The molecule has 0 radical (unpaired) electrons. The fourth-order valence-corrected chi connectivity index (χ4v) is 9.91. The number of nitrogens with zero attached hydrogens (tertiary/aromatic N) is 6. The molecule has 0 aliphatic carbocycles. The molecule has 0 atom stereocenters. The van der Waals surface area contributed by atoms with Crippen molar-refractivity contribution in [2.24, 2.45) is 30.7 Å². The minimum Gasteiger partial charge on any atom is -0.744 e. The molecule has 3 N–H and O–H groups in total. The molecule has 0 unspecified atom stereocenters. The number of azo groups is 3. The molecule has 0 saturated carbocycles. The Labute approximate surface area is 492 Å². The van der Waals surface area contributed by atoms with Gasteiger partial charge in [-0.1, -0.05) is 36.4 Å². The molecule has 83 heavy (non-hydrogen) atoms. The van der Waals surface area contributed by atoms with E-state index in [9.17, 15) is 93.1 Å². The van der Waals surface area contributed by atoms with Gasteiger partial charge in [0.1, 0.15) is 95.0 Å². The number of hydrogen-bond acceptors (Lipinski definition) is 27. The minimum atomic E-state index is -4.63. The van der Waals surface area contributed by atoms with E-state index >= 15 is 0 Å². The Kier molecular flexibility index (Phi) is 20.7. The summed E-state index contributed by atoms with van der Waals surface area (Å²) in [6.07, 6.45) is 0. The molecule has 0 bridgehead atoms. The third kappa shape index (κ3) is 17.1. The molecular weight excluding hydrogens is 1240 g/mol. The van der Waals surface area contributed by atoms with Gasteiger partial charge in [0, 0.05) is 16.2 Å². The molecule has 35 heteroatoms. The van der Waals surface area contributed by atoms with Gasteiger partial charge in [0.15, 0.2) is 0 Å². The largest absolute Gasteiger partial charge is 3.00 e. The number of hydrogen-bond donors (Lipinski definition) is 3. The first-order valence-electron chi connectivity index (χ1n) is 21.7. The number of aromatic hydroxyl groups is 3. The summed E-state index contributed by atoms with van der Waals surface area (Å²) in [6, 6.07) is 32.8. The van der Waals surface area contributed by atoms with Crippen LogP contribution in [-0.4, -0.2) is 128 Å². The van der Waals surface area contributed by atoms with Gasteiger partial charge in [-0.3, -0.25) is 0 Å². The Bertz CT molecular complexity index is 4290. The third-order valence-electron chi connectivity index (χ3n) is 10.9. The average molecular weight is 1270 g/mol. The van der Waals surface area contributed by atoms with E-state index in [1.807, 2.05) is 0 Å². The maximum atomic E-state index is 11.1. The van der Waals surface area contributed by atoms with Crippen molar-refractivity contribution in [2.45, 2.75) is 29.4 Å². The first-order valence-corrected chi connectivity index (χ1v) is 30.2. The molecule has 420 valence electrons. The summed E-state index contributed by atoms with van der Waals surface area (Å²) in [4.78, 5) is -2.50. The van der Waals surface area contributed by atoms with E-state index in [4.69, 9.17) is 0 Å². The van der Waals surface area contributed by atoms with Crippen LogP contribution < -0.4 is 0 Å². The third-order valence-corrected chi connectivity index (χ3v) is 15.9. The van der Waals surface area contributed by atoms with Crippen LogP contribution in [0.5, 0.6) is 17.2 Å². The van der Waals surface area contributed by atoms with Crippen LogP contribution in [-0.2, 0) is 60.7 Å². The molecule has 0 fully saturated rings. The smallest absolute Gasteiger partial charge is 0.744 e. The normalized spacial score (nSPS) is 12.4. The Balaban J connectivity index is 0.000000225. The molecule has 0 spiro atoms. The van der Waals surface area contributed by atoms with Crippen LogP contribution in [0.4, 0.5) is 34.1 Å². The molecular formula is C48H30Al2N6O21S6. The quantitative estimate of drug-likeness (QED) is 0.0603. The molecule has 0 aromatic heterocycles. The van der Waals surface area contributed by atoms with E-state index in [2.05, 4.69) is 30.7 Å². The number of benzene rings is 9. The van der Waals surface area contributed by atoms with E-state index in [1.54, 1.807) is 0 Å². The van der Waals surface area contributed by atoms with Crippen molar-refractivity contribution in [3.8, 4) is 17.2 Å². The number of phenols is 3. The van der Waals surface area contributed by atoms with Gasteiger partial charge in [0.05, 0.1) is 46.4 Å². The first kappa shape index (κ1) is 66.3. The van der Waals surface area contributed by atoms with Crippen molar-refractivity contribution < 1.29 is 93.1 Å². The SMILES string of the molecule is O=S(=O)([O-])c1ccc(N=Nc2c(O)ccc3cc(S(=O)(=O)[O-])ccc23)cc1.O=S(=O)([O-])c1ccc(N=Nc2c(O)ccc3cc(S(=O)(=O)[O-])ccc23)cc1.O=S(=O)([O-])c1ccc(N=Nc2c(O)ccc3cc(S(=O)(=O)[O-])ccc23)cc1.[Al+3].[Al+3]. The zero-order chi connectivity index (χ0) is 59.5. The predicted molar refractivity (Wildman–Crippen MR) is 288 cm³/mol. The van der Waals surface area contributed by atoms with E-state index < -0.39 is 90.1 Å². The van der Waals surface area contributed by atoms with E-state index in [0.29, 0.717) is 32.3 Å². The molecule has 9 aromatic rings. The average Bonchev–Trinajstić information content (AvgIpc) is 3.48. The van der Waals surface area contributed by atoms with Gasteiger partial charge in [-0.25, -0.2) is 50.5 Å². The minimum absolute atomic E-state index is 0. The summed E-state index contributed by atoms with van der Waals surface area (Å²) >= 11 is 0. The van der Waals surface area contributed by atoms with Gasteiger partial charge in [-0.15, -0.1) is 15.3 Å². The number of phenolic OH excluding ortho intramolecular Hbond substituents is 3. The van der Waals surface area contributed by atoms with Crippen molar-refractivity contribution in [3.05, 3.63) is 164 Å². The van der Waals surface area contributed by atoms with E-state index in [0.717, 1.165) is 72.8 Å². The second kappa shape index (κ2) is 26.0. The zero-order valence-corrected chi connectivity index (χ0v) is 48.3. The molecule has 27 nitrogen and oxygen atoms in total. The number of fused-ring (bicyclic) bond motifs is 3. The van der Waals surface area contributed by atoms with Crippen LogP contribution in [0.2, 0.25) is 0 Å². The monoisotopic (exact) mass is 1270 g/mol. The standard InChI is InChI=1S/3C16H12N2O7S2.2Al/c3*19-15-8-1-10-9-13(27(23,24)25)6-7-14(10)16(15)18-17-11-2-4-12(5-3-11)26(20,21)22;;/h3*1-9,19H,(H,20,21,22)(H,23,24,25);;/q;;;2*+3/p-6. The molecule has 0 aliphatic rings. The van der Waals surface area contributed by atoms with Crippen LogP contribution in [0, 0.1) is 0 Å². The Morgan fingerprint density at radius 1 is 0.253 bits per heavy atom. The van der Waals surface area contributed by atoms with Gasteiger partial charge in [0.25, 0.3) is 0 Å². The fourth-order valence-electron chi connectivity index (χ4n) is 6.98. The maximum absolute atomic E-state index is 11.1. The van der Waals surface area contributed by atoms with Crippen molar-refractivity contribution in [1.29, 1.82) is 0 Å². The van der Waals surface area contributed by atoms with Crippen molar-refractivity contribution in [2.75, 3.05) is 0 Å². The predicted octanol–water partition coefficient (Wildman–Crippen LogP) is 7.55. The summed E-state index contributed by atoms with van der Waals surface area (Å²) < 4.78 is 198. The molecule has 9 rings (SSSR count). The Morgan fingerprint density at radius 2 is 0.446 bits per heavy atom. The van der Waals surface area contributed by atoms with Gasteiger partial charge in [-0.2, -0.15) is 15.3 Å². The van der Waals surface area contributed by atoms with Gasteiger partial charge >= 0.3 is 34.7 Å². The van der Waals surface area contributed by atoms with Crippen LogP contribution in [0.1, 0.15) is 0 Å². The maximum Gasteiger partial charge on any atom is 3.00 e. The Morgan fingerprint density at radius 3 is 0.639 bits per heavy atom. The zero-order valence-electron chi connectivity index (χ0n) is 41.1. The molecule has 0 aliphatic heterocycles. The first-order chi connectivity index (χ1) is 37.7. The van der Waals surface area contributed by atoms with Crippen molar-refractivity contribution >= 4 is 162 Å². The molecule has 9 aromatic carbocycles. The van der Waals surface area contributed by atoms with E-state index in [1.165, 1.54) is 91.0 Å².